The minimum atomic E-state index is 0.150. The molecule has 150 valence electrons. The molecular formula is C22H24N4O3. The summed E-state index contributed by atoms with van der Waals surface area (Å²) in [5, 5.41) is 4.72. The summed E-state index contributed by atoms with van der Waals surface area (Å²) in [6, 6.07) is 13.7. The van der Waals surface area contributed by atoms with E-state index >= 15 is 0 Å². The summed E-state index contributed by atoms with van der Waals surface area (Å²) in [6.07, 6.45) is 1.97. The molecule has 0 amide bonds. The van der Waals surface area contributed by atoms with Gasteiger partial charge in [0, 0.05) is 15.9 Å². The molecule has 0 aliphatic heterocycles. The maximum absolute atomic E-state index is 8.79. The van der Waals surface area contributed by atoms with Crippen molar-refractivity contribution in [2.45, 2.75) is 26.3 Å². The van der Waals surface area contributed by atoms with E-state index in [1.165, 1.54) is 0 Å². The number of aromatic nitrogens is 1. The average molecular weight is 392 g/mol. The van der Waals surface area contributed by atoms with Crippen molar-refractivity contribution in [1.29, 1.82) is 0 Å². The minimum absolute atomic E-state index is 0.150. The summed E-state index contributed by atoms with van der Waals surface area (Å²) >= 11 is 0. The predicted molar refractivity (Wildman–Crippen MR) is 114 cm³/mol. The number of methoxy groups -OCH3 is 2. The summed E-state index contributed by atoms with van der Waals surface area (Å²) in [4.78, 5) is 7.60. The molecule has 0 aliphatic carbocycles. The van der Waals surface area contributed by atoms with Gasteiger partial charge in [-0.3, -0.25) is 4.98 Å². The third kappa shape index (κ3) is 4.52. The number of ether oxygens (including phenoxy) is 3. The van der Waals surface area contributed by atoms with E-state index in [1.54, 1.807) is 14.2 Å². The lowest BCUT2D eigenvalue weighted by Crippen LogP contribution is -2.02. The van der Waals surface area contributed by atoms with E-state index in [1.807, 2.05) is 42.5 Å². The molecular weight excluding hydrogens is 368 g/mol. The molecule has 0 unspecified atom stereocenters. The molecule has 0 bridgehead atoms. The Hall–Kier alpha value is -3.44. The Bertz CT molecular complexity index is 1050. The van der Waals surface area contributed by atoms with Gasteiger partial charge in [0.25, 0.3) is 0 Å². The van der Waals surface area contributed by atoms with Crippen molar-refractivity contribution in [1.82, 2.24) is 4.98 Å². The number of pyridine rings is 1. The van der Waals surface area contributed by atoms with E-state index < -0.39 is 0 Å². The number of fused-ring (bicyclic) bond motifs is 1. The number of nitrogens with zero attached hydrogens (tertiary/aromatic N) is 4. The number of unbranched alkanes of at least 4 members (excludes halogenated alkanes) is 1. The lowest BCUT2D eigenvalue weighted by Gasteiger charge is -2.17. The maximum atomic E-state index is 8.79. The lowest BCUT2D eigenvalue weighted by molar-refractivity contribution is 0.279. The highest BCUT2D eigenvalue weighted by Crippen LogP contribution is 2.42. The van der Waals surface area contributed by atoms with Crippen molar-refractivity contribution in [3.8, 4) is 28.4 Å². The summed E-state index contributed by atoms with van der Waals surface area (Å²) in [5.41, 5.74) is 12.0. The van der Waals surface area contributed by atoms with Gasteiger partial charge in [-0.1, -0.05) is 36.7 Å². The molecule has 1 aromatic heterocycles. The summed E-state index contributed by atoms with van der Waals surface area (Å²) < 4.78 is 17.0. The van der Waals surface area contributed by atoms with Crippen LogP contribution in [0, 0.1) is 0 Å². The zero-order valence-electron chi connectivity index (χ0n) is 16.9. The fraction of sp³-hybridized carbons (Fsp3) is 0.318. The summed E-state index contributed by atoms with van der Waals surface area (Å²) in [7, 11) is 3.19. The third-order valence-corrected chi connectivity index (χ3v) is 4.60. The zero-order valence-corrected chi connectivity index (χ0v) is 16.9. The van der Waals surface area contributed by atoms with E-state index in [2.05, 4.69) is 16.9 Å². The second kappa shape index (κ2) is 9.66. The van der Waals surface area contributed by atoms with Crippen LogP contribution in [0.2, 0.25) is 0 Å². The van der Waals surface area contributed by atoms with Gasteiger partial charge in [0.05, 0.1) is 38.6 Å². The van der Waals surface area contributed by atoms with Crippen molar-refractivity contribution in [3.05, 3.63) is 58.6 Å². The van der Waals surface area contributed by atoms with Crippen LogP contribution < -0.4 is 14.2 Å². The number of benzene rings is 2. The standard InChI is InChI=1S/C22H24N4O3/c1-4-5-10-29-21-13-16(12-20(27-2)22(21)28-3)17-11-15-8-6-7-9-18(15)25-19(17)14-24-26-23/h6-9,11-13H,4-5,10,14H2,1-3H3. The van der Waals surface area contributed by atoms with Gasteiger partial charge in [0.1, 0.15) is 0 Å². The van der Waals surface area contributed by atoms with Crippen molar-refractivity contribution in [2.24, 2.45) is 5.11 Å². The molecule has 0 saturated heterocycles. The van der Waals surface area contributed by atoms with Crippen LogP contribution >= 0.6 is 0 Å². The zero-order chi connectivity index (χ0) is 20.6. The molecule has 7 nitrogen and oxygen atoms in total. The molecule has 2 aromatic carbocycles. The molecule has 29 heavy (non-hydrogen) atoms. The first-order chi connectivity index (χ1) is 14.2. The molecule has 0 spiro atoms. The first-order valence-corrected chi connectivity index (χ1v) is 9.50. The van der Waals surface area contributed by atoms with Gasteiger partial charge in [0.2, 0.25) is 5.75 Å². The van der Waals surface area contributed by atoms with E-state index in [9.17, 15) is 0 Å². The Morgan fingerprint density at radius 2 is 1.86 bits per heavy atom. The van der Waals surface area contributed by atoms with Gasteiger partial charge in [0.15, 0.2) is 11.5 Å². The monoisotopic (exact) mass is 392 g/mol. The van der Waals surface area contributed by atoms with Crippen LogP contribution in [-0.4, -0.2) is 25.8 Å². The van der Waals surface area contributed by atoms with E-state index in [-0.39, 0.29) is 6.54 Å². The Labute approximate surface area is 169 Å². The van der Waals surface area contributed by atoms with Gasteiger partial charge >= 0.3 is 0 Å². The minimum Gasteiger partial charge on any atom is -0.493 e. The quantitative estimate of drug-likeness (QED) is 0.196. The number of hydrogen-bond donors (Lipinski definition) is 0. The Kier molecular flexibility index (Phi) is 6.76. The molecule has 1 heterocycles. The average Bonchev–Trinajstić information content (AvgIpc) is 2.76. The van der Waals surface area contributed by atoms with Gasteiger partial charge in [-0.15, -0.1) is 0 Å². The molecule has 0 atom stereocenters. The van der Waals surface area contributed by atoms with Crippen LogP contribution in [-0.2, 0) is 6.54 Å². The second-order valence-corrected chi connectivity index (χ2v) is 6.48. The number of hydrogen-bond acceptors (Lipinski definition) is 5. The van der Waals surface area contributed by atoms with Crippen LogP contribution in [0.15, 0.2) is 47.6 Å². The molecule has 3 aromatic rings. The van der Waals surface area contributed by atoms with Crippen molar-refractivity contribution in [2.75, 3.05) is 20.8 Å². The normalized spacial score (nSPS) is 10.4. The van der Waals surface area contributed by atoms with E-state index in [4.69, 9.17) is 24.7 Å². The largest absolute Gasteiger partial charge is 0.493 e. The molecule has 0 N–H and O–H groups in total. The number of azide groups is 1. The number of para-hydroxylation sites is 1. The molecule has 0 fully saturated rings. The summed E-state index contributed by atoms with van der Waals surface area (Å²) in [6.45, 7) is 2.85. The SMILES string of the molecule is CCCCOc1cc(-c2cc3ccccc3nc2CN=[N+]=[N-])cc(OC)c1OC. The Morgan fingerprint density at radius 1 is 1.07 bits per heavy atom. The highest BCUT2D eigenvalue weighted by atomic mass is 16.5. The maximum Gasteiger partial charge on any atom is 0.203 e. The van der Waals surface area contributed by atoms with Crippen LogP contribution in [0.5, 0.6) is 17.2 Å². The van der Waals surface area contributed by atoms with Crippen LogP contribution in [0.1, 0.15) is 25.5 Å². The highest BCUT2D eigenvalue weighted by molar-refractivity contribution is 5.86. The van der Waals surface area contributed by atoms with Gasteiger partial charge in [-0.25, -0.2) is 0 Å². The molecule has 0 radical (unpaired) electrons. The Balaban J connectivity index is 2.18. The van der Waals surface area contributed by atoms with E-state index in [0.717, 1.165) is 34.9 Å². The van der Waals surface area contributed by atoms with Crippen LogP contribution in [0.4, 0.5) is 0 Å². The van der Waals surface area contributed by atoms with Gasteiger partial charge < -0.3 is 14.2 Å². The van der Waals surface area contributed by atoms with Crippen molar-refractivity contribution >= 4 is 10.9 Å². The second-order valence-electron chi connectivity index (χ2n) is 6.48. The van der Waals surface area contributed by atoms with Gasteiger partial charge in [-0.2, -0.15) is 0 Å². The fourth-order valence-electron chi connectivity index (χ4n) is 3.14. The van der Waals surface area contributed by atoms with Crippen LogP contribution in [0.3, 0.4) is 0 Å². The lowest BCUT2D eigenvalue weighted by atomic mass is 10.00. The van der Waals surface area contributed by atoms with Gasteiger partial charge in [-0.05, 0) is 41.8 Å². The Morgan fingerprint density at radius 3 is 2.59 bits per heavy atom. The van der Waals surface area contributed by atoms with Crippen molar-refractivity contribution in [3.63, 3.8) is 0 Å². The van der Waals surface area contributed by atoms with Crippen LogP contribution in [0.25, 0.3) is 32.5 Å². The first-order valence-electron chi connectivity index (χ1n) is 9.50. The summed E-state index contributed by atoms with van der Waals surface area (Å²) in [5.74, 6) is 1.73. The smallest absolute Gasteiger partial charge is 0.203 e. The topological polar surface area (TPSA) is 89.3 Å². The number of rotatable bonds is 9. The third-order valence-electron chi connectivity index (χ3n) is 4.60. The van der Waals surface area contributed by atoms with Crippen molar-refractivity contribution < 1.29 is 14.2 Å². The molecule has 0 aliphatic rings. The fourth-order valence-corrected chi connectivity index (χ4v) is 3.14. The predicted octanol–water partition coefficient (Wildman–Crippen LogP) is 5.91. The molecule has 7 heteroatoms. The molecule has 0 saturated carbocycles. The first kappa shape index (κ1) is 20.3. The van der Waals surface area contributed by atoms with E-state index in [0.29, 0.717) is 29.5 Å². The highest BCUT2D eigenvalue weighted by Gasteiger charge is 2.17. The molecule has 3 rings (SSSR count).